The summed E-state index contributed by atoms with van der Waals surface area (Å²) < 4.78 is 13.1. The van der Waals surface area contributed by atoms with Crippen LogP contribution >= 0.6 is 0 Å². The van der Waals surface area contributed by atoms with E-state index in [0.29, 0.717) is 17.8 Å². The number of benzene rings is 1. The minimum absolute atomic E-state index is 0.0765. The molecule has 0 bridgehead atoms. The minimum atomic E-state index is -1.74. The van der Waals surface area contributed by atoms with Crippen LogP contribution in [-0.2, 0) is 10.8 Å². The number of nitrogens with two attached hydrogens (primary N) is 1. The summed E-state index contributed by atoms with van der Waals surface area (Å²) in [4.78, 5) is 0. The van der Waals surface area contributed by atoms with E-state index in [0.717, 1.165) is 30.7 Å². The molecule has 0 amide bonds. The highest BCUT2D eigenvalue weighted by atomic mass is 28.4. The van der Waals surface area contributed by atoms with E-state index < -0.39 is 16.6 Å². The molecule has 1 aromatic rings. The molecular weight excluding hydrogens is 414 g/mol. The van der Waals surface area contributed by atoms with Gasteiger partial charge in [0, 0.05) is 5.41 Å². The van der Waals surface area contributed by atoms with Gasteiger partial charge in [-0.05, 0) is 113 Å². The summed E-state index contributed by atoms with van der Waals surface area (Å²) in [5.74, 6) is 6.00. The Hall–Kier alpha value is -1.23. The highest BCUT2D eigenvalue weighted by Gasteiger charge is 2.63. The number of fused-ring (bicyclic) bond motifs is 5. The van der Waals surface area contributed by atoms with Crippen LogP contribution in [0, 0.1) is 29.6 Å². The summed E-state index contributed by atoms with van der Waals surface area (Å²) in [6.07, 6.45) is 13.0. The van der Waals surface area contributed by atoms with Crippen molar-refractivity contribution in [2.75, 3.05) is 5.73 Å². The summed E-state index contributed by atoms with van der Waals surface area (Å²) in [7, 11) is -3.43. The molecule has 3 aliphatic rings. The first-order chi connectivity index (χ1) is 14.3. The zero-order chi connectivity index (χ0) is 22.8. The highest BCUT2D eigenvalue weighted by molar-refractivity contribution is 6.70. The largest absolute Gasteiger partial charge is 0.543 e. The molecule has 3 aliphatic carbocycles. The summed E-state index contributed by atoms with van der Waals surface area (Å²) in [5.41, 5.74) is 10.1. The number of anilines is 1. The maximum atomic E-state index is 6.81. The Morgan fingerprint density at radius 2 is 1.74 bits per heavy atom. The van der Waals surface area contributed by atoms with Crippen LogP contribution in [-0.4, -0.2) is 22.2 Å². The molecule has 0 aliphatic heterocycles. The van der Waals surface area contributed by atoms with E-state index in [1.54, 1.807) is 0 Å². The highest BCUT2D eigenvalue weighted by Crippen LogP contribution is 2.65. The molecule has 0 radical (unpaired) electrons. The zero-order valence-electron chi connectivity index (χ0n) is 20.6. The molecule has 2 fully saturated rings. The van der Waals surface area contributed by atoms with Gasteiger partial charge in [-0.2, -0.15) is 0 Å². The van der Waals surface area contributed by atoms with Gasteiger partial charge in [-0.1, -0.05) is 18.9 Å². The zero-order valence-corrected chi connectivity index (χ0v) is 22.6. The molecule has 5 heteroatoms. The van der Waals surface area contributed by atoms with Gasteiger partial charge in [-0.15, -0.1) is 6.42 Å². The Labute approximate surface area is 191 Å². The first-order valence-electron chi connectivity index (χ1n) is 12.1. The average molecular weight is 456 g/mol. The number of terminal acetylenes is 1. The quantitative estimate of drug-likeness (QED) is 0.317. The standard InChI is InChI=1S/C26H41NO2Si2/c1-9-26(29-31(6,7)8)17-15-22-20-10-11-21-18(19(20)14-16-25(22,26)2)12-13-23(24(21)27)28-30(3,4)5/h1,12-13,19-20,22H,10-11,14-17,27H2,2-8H3/t19-,20-,22+,25+,26-/m1/s1. The van der Waals surface area contributed by atoms with Gasteiger partial charge in [0.25, 0.3) is 0 Å². The second-order valence-electron chi connectivity index (χ2n) is 12.4. The van der Waals surface area contributed by atoms with Gasteiger partial charge in [-0.3, -0.25) is 0 Å². The van der Waals surface area contributed by atoms with Crippen LogP contribution in [0.1, 0.15) is 56.1 Å². The minimum Gasteiger partial charge on any atom is -0.543 e. The molecule has 0 unspecified atom stereocenters. The molecule has 4 rings (SSSR count). The summed E-state index contributed by atoms with van der Waals surface area (Å²) in [6.45, 7) is 15.9. The molecule has 3 nitrogen and oxygen atoms in total. The molecule has 2 saturated carbocycles. The van der Waals surface area contributed by atoms with Crippen molar-refractivity contribution in [3.63, 3.8) is 0 Å². The molecule has 170 valence electrons. The van der Waals surface area contributed by atoms with Crippen molar-refractivity contribution in [1.82, 2.24) is 0 Å². The summed E-state index contributed by atoms with van der Waals surface area (Å²) >= 11 is 0. The lowest BCUT2D eigenvalue weighted by molar-refractivity contribution is -0.0537. The van der Waals surface area contributed by atoms with Crippen molar-refractivity contribution < 1.29 is 8.85 Å². The van der Waals surface area contributed by atoms with E-state index in [-0.39, 0.29) is 11.0 Å². The third kappa shape index (κ3) is 3.79. The predicted octanol–water partition coefficient (Wildman–Crippen LogP) is 6.56. The van der Waals surface area contributed by atoms with Crippen molar-refractivity contribution in [2.45, 2.75) is 96.2 Å². The van der Waals surface area contributed by atoms with E-state index in [2.05, 4.69) is 64.3 Å². The maximum Gasteiger partial charge on any atom is 0.242 e. The second-order valence-corrected chi connectivity index (χ2v) is 21.2. The number of hydrogen-bond acceptors (Lipinski definition) is 3. The number of rotatable bonds is 4. The van der Waals surface area contributed by atoms with Crippen molar-refractivity contribution in [1.29, 1.82) is 0 Å². The van der Waals surface area contributed by atoms with Crippen LogP contribution in [0.15, 0.2) is 12.1 Å². The fraction of sp³-hybridized carbons (Fsp3) is 0.692. The molecule has 31 heavy (non-hydrogen) atoms. The van der Waals surface area contributed by atoms with E-state index in [1.807, 2.05) is 0 Å². The average Bonchev–Trinajstić information content (AvgIpc) is 2.94. The first kappa shape index (κ1) is 22.9. The fourth-order valence-corrected chi connectivity index (χ4v) is 9.32. The first-order valence-corrected chi connectivity index (χ1v) is 18.9. The smallest absolute Gasteiger partial charge is 0.242 e. The Morgan fingerprint density at radius 1 is 1.03 bits per heavy atom. The van der Waals surface area contributed by atoms with E-state index >= 15 is 0 Å². The van der Waals surface area contributed by atoms with Gasteiger partial charge < -0.3 is 14.6 Å². The lowest BCUT2D eigenvalue weighted by Crippen LogP contribution is -2.54. The number of hydrogen-bond donors (Lipinski definition) is 1. The number of nitrogen functional groups attached to an aromatic ring is 1. The molecule has 0 heterocycles. The molecular formula is C26H41NO2Si2. The maximum absolute atomic E-state index is 6.81. The Balaban J connectivity index is 1.66. The van der Waals surface area contributed by atoms with E-state index in [4.69, 9.17) is 21.0 Å². The Bertz CT molecular complexity index is 910. The SMILES string of the molecule is C#C[C@@]1(O[Si](C)(C)C)CC[C@H]2[C@@H]3CCc4c(ccc(O[Si](C)(C)C)c4N)[C@H]3CC[C@@]21C. The van der Waals surface area contributed by atoms with Crippen LogP contribution in [0.5, 0.6) is 5.75 Å². The van der Waals surface area contributed by atoms with Gasteiger partial charge in [0.15, 0.2) is 8.32 Å². The monoisotopic (exact) mass is 455 g/mol. The van der Waals surface area contributed by atoms with Crippen LogP contribution in [0.4, 0.5) is 5.69 Å². The van der Waals surface area contributed by atoms with Crippen LogP contribution in [0.3, 0.4) is 0 Å². The summed E-state index contributed by atoms with van der Waals surface area (Å²) in [6, 6.07) is 4.46. The van der Waals surface area contributed by atoms with Gasteiger partial charge in [0.05, 0.1) is 5.69 Å². The summed E-state index contributed by atoms with van der Waals surface area (Å²) in [5, 5.41) is 0. The van der Waals surface area contributed by atoms with Crippen molar-refractivity contribution in [2.24, 2.45) is 17.3 Å². The lowest BCUT2D eigenvalue weighted by Gasteiger charge is -2.54. The lowest BCUT2D eigenvalue weighted by atomic mass is 9.53. The van der Waals surface area contributed by atoms with Crippen molar-refractivity contribution in [3.05, 3.63) is 23.3 Å². The third-order valence-corrected chi connectivity index (χ3v) is 9.96. The Kier molecular flexibility index (Phi) is 5.48. The molecule has 0 aromatic heterocycles. The van der Waals surface area contributed by atoms with Gasteiger partial charge in [-0.25, -0.2) is 0 Å². The molecule has 2 N–H and O–H groups in total. The molecule has 5 atom stereocenters. The van der Waals surface area contributed by atoms with Crippen LogP contribution in [0.2, 0.25) is 39.3 Å². The van der Waals surface area contributed by atoms with Gasteiger partial charge in [0.1, 0.15) is 11.4 Å². The normalized spacial score (nSPS) is 35.0. The van der Waals surface area contributed by atoms with Gasteiger partial charge in [0.2, 0.25) is 8.32 Å². The van der Waals surface area contributed by atoms with Crippen LogP contribution in [0.25, 0.3) is 0 Å². The fourth-order valence-electron chi connectivity index (χ4n) is 7.05. The van der Waals surface area contributed by atoms with Crippen molar-refractivity contribution >= 4 is 22.3 Å². The van der Waals surface area contributed by atoms with Gasteiger partial charge >= 0.3 is 0 Å². The molecule has 0 saturated heterocycles. The second kappa shape index (κ2) is 7.40. The van der Waals surface area contributed by atoms with Crippen molar-refractivity contribution in [3.8, 4) is 18.1 Å². The molecule has 0 spiro atoms. The third-order valence-electron chi connectivity index (χ3n) is 8.17. The van der Waals surface area contributed by atoms with E-state index in [1.165, 1.54) is 30.4 Å². The van der Waals surface area contributed by atoms with E-state index in [9.17, 15) is 0 Å². The topological polar surface area (TPSA) is 44.5 Å². The Morgan fingerprint density at radius 3 is 2.35 bits per heavy atom. The van der Waals surface area contributed by atoms with Crippen LogP contribution < -0.4 is 10.2 Å². The predicted molar refractivity (Wildman–Crippen MR) is 135 cm³/mol. The molecule has 1 aromatic carbocycles.